The highest BCUT2D eigenvalue weighted by atomic mass is 79.9. The van der Waals surface area contributed by atoms with Crippen LogP contribution >= 0.6 is 15.9 Å². The molecule has 0 aromatic heterocycles. The molecule has 0 spiro atoms. The fourth-order valence-electron chi connectivity index (χ4n) is 1.65. The summed E-state index contributed by atoms with van der Waals surface area (Å²) in [6.07, 6.45) is 0. The minimum atomic E-state index is -3.95. The SMILES string of the molecule is COc1ccc(N)cc1NS(=O)(=O)c1ccc(Br)c(F)c1. The second kappa shape index (κ2) is 5.90. The van der Waals surface area contributed by atoms with Gasteiger partial charge >= 0.3 is 0 Å². The number of methoxy groups -OCH3 is 1. The summed E-state index contributed by atoms with van der Waals surface area (Å²) in [7, 11) is -2.54. The molecule has 2 rings (SSSR count). The topological polar surface area (TPSA) is 81.4 Å². The quantitative estimate of drug-likeness (QED) is 0.806. The summed E-state index contributed by atoms with van der Waals surface area (Å²) in [6, 6.07) is 8.07. The molecule has 3 N–H and O–H groups in total. The first kappa shape index (κ1) is 15.6. The van der Waals surface area contributed by atoms with Crippen LogP contribution in [0.25, 0.3) is 0 Å². The molecule has 0 bridgehead atoms. The Morgan fingerprint density at radius 2 is 1.95 bits per heavy atom. The average Bonchev–Trinajstić information content (AvgIpc) is 2.41. The van der Waals surface area contributed by atoms with Crippen molar-refractivity contribution in [1.82, 2.24) is 0 Å². The van der Waals surface area contributed by atoms with Crippen molar-refractivity contribution >= 4 is 37.3 Å². The van der Waals surface area contributed by atoms with Gasteiger partial charge in [-0.2, -0.15) is 0 Å². The second-order valence-electron chi connectivity index (χ2n) is 4.14. The Labute approximate surface area is 130 Å². The lowest BCUT2D eigenvalue weighted by molar-refractivity contribution is 0.417. The smallest absolute Gasteiger partial charge is 0.262 e. The van der Waals surface area contributed by atoms with Gasteiger partial charge in [0.25, 0.3) is 10.0 Å². The predicted octanol–water partition coefficient (Wildman–Crippen LogP) is 2.98. The number of hydrogen-bond acceptors (Lipinski definition) is 4. The molecule has 0 saturated carbocycles. The minimum absolute atomic E-state index is 0.181. The molecule has 0 heterocycles. The molecular weight excluding hydrogens is 363 g/mol. The van der Waals surface area contributed by atoms with Crippen molar-refractivity contribution in [3.8, 4) is 5.75 Å². The summed E-state index contributed by atoms with van der Waals surface area (Å²) in [5, 5.41) is 0. The number of nitrogen functional groups attached to an aromatic ring is 1. The zero-order chi connectivity index (χ0) is 15.6. The number of ether oxygens (including phenoxy) is 1. The third kappa shape index (κ3) is 3.45. The maximum atomic E-state index is 13.5. The van der Waals surface area contributed by atoms with Gasteiger partial charge in [-0.25, -0.2) is 12.8 Å². The van der Waals surface area contributed by atoms with Gasteiger partial charge in [-0.3, -0.25) is 4.72 Å². The van der Waals surface area contributed by atoms with Gasteiger partial charge in [-0.05, 0) is 52.3 Å². The Morgan fingerprint density at radius 1 is 1.24 bits per heavy atom. The molecule has 0 saturated heterocycles. The van der Waals surface area contributed by atoms with Crippen molar-refractivity contribution < 1.29 is 17.5 Å². The van der Waals surface area contributed by atoms with Gasteiger partial charge < -0.3 is 10.5 Å². The largest absolute Gasteiger partial charge is 0.495 e. The molecule has 0 fully saturated rings. The molecule has 0 aliphatic rings. The lowest BCUT2D eigenvalue weighted by Gasteiger charge is -2.12. The molecule has 0 aliphatic heterocycles. The fourth-order valence-corrected chi connectivity index (χ4v) is 2.97. The third-order valence-electron chi connectivity index (χ3n) is 2.67. The second-order valence-corrected chi connectivity index (χ2v) is 6.68. The maximum Gasteiger partial charge on any atom is 0.262 e. The van der Waals surface area contributed by atoms with E-state index >= 15 is 0 Å². The van der Waals surface area contributed by atoms with Gasteiger partial charge in [0.05, 0.1) is 22.2 Å². The van der Waals surface area contributed by atoms with Crippen molar-refractivity contribution in [3.63, 3.8) is 0 Å². The van der Waals surface area contributed by atoms with Crippen LogP contribution in [0.1, 0.15) is 0 Å². The Kier molecular flexibility index (Phi) is 4.38. The van der Waals surface area contributed by atoms with E-state index in [4.69, 9.17) is 10.5 Å². The van der Waals surface area contributed by atoms with Gasteiger partial charge in [0, 0.05) is 5.69 Å². The van der Waals surface area contributed by atoms with Crippen LogP contribution in [0.4, 0.5) is 15.8 Å². The van der Waals surface area contributed by atoms with Crippen LogP contribution in [0.2, 0.25) is 0 Å². The van der Waals surface area contributed by atoms with E-state index in [-0.39, 0.29) is 15.1 Å². The first-order valence-corrected chi connectivity index (χ1v) is 8.02. The number of hydrogen-bond donors (Lipinski definition) is 2. The molecule has 2 aromatic rings. The van der Waals surface area contributed by atoms with Crippen molar-refractivity contribution in [3.05, 3.63) is 46.7 Å². The van der Waals surface area contributed by atoms with Gasteiger partial charge in [0.1, 0.15) is 11.6 Å². The Balaban J connectivity index is 2.41. The van der Waals surface area contributed by atoms with E-state index in [0.717, 1.165) is 6.07 Å². The van der Waals surface area contributed by atoms with Crippen LogP contribution < -0.4 is 15.2 Å². The zero-order valence-electron chi connectivity index (χ0n) is 10.9. The third-order valence-corrected chi connectivity index (χ3v) is 4.68. The molecule has 5 nitrogen and oxygen atoms in total. The normalized spacial score (nSPS) is 11.2. The van der Waals surface area contributed by atoms with Gasteiger partial charge in [0.15, 0.2) is 0 Å². The van der Waals surface area contributed by atoms with E-state index < -0.39 is 15.8 Å². The maximum absolute atomic E-state index is 13.5. The first-order valence-electron chi connectivity index (χ1n) is 5.75. The van der Waals surface area contributed by atoms with Crippen LogP contribution in [-0.4, -0.2) is 15.5 Å². The van der Waals surface area contributed by atoms with E-state index in [2.05, 4.69) is 20.7 Å². The molecule has 0 atom stereocenters. The van der Waals surface area contributed by atoms with Crippen molar-refractivity contribution in [2.75, 3.05) is 17.6 Å². The summed E-state index contributed by atoms with van der Waals surface area (Å²) < 4.78 is 45.6. The van der Waals surface area contributed by atoms with E-state index in [1.165, 1.54) is 31.4 Å². The van der Waals surface area contributed by atoms with Crippen LogP contribution in [-0.2, 0) is 10.0 Å². The molecule has 0 amide bonds. The summed E-state index contributed by atoms with van der Waals surface area (Å²) in [5.74, 6) is -0.359. The Hall–Kier alpha value is -1.80. The van der Waals surface area contributed by atoms with Crippen LogP contribution in [0.5, 0.6) is 5.75 Å². The van der Waals surface area contributed by atoms with Crippen LogP contribution in [0.3, 0.4) is 0 Å². The molecule has 0 radical (unpaired) electrons. The first-order chi connectivity index (χ1) is 9.83. The highest BCUT2D eigenvalue weighted by Gasteiger charge is 2.18. The van der Waals surface area contributed by atoms with Gasteiger partial charge in [-0.1, -0.05) is 0 Å². The van der Waals surface area contributed by atoms with Crippen molar-refractivity contribution in [2.45, 2.75) is 4.90 Å². The van der Waals surface area contributed by atoms with E-state index in [9.17, 15) is 12.8 Å². The van der Waals surface area contributed by atoms with Gasteiger partial charge in [0.2, 0.25) is 0 Å². The lowest BCUT2D eigenvalue weighted by Crippen LogP contribution is -2.14. The van der Waals surface area contributed by atoms with E-state index in [0.29, 0.717) is 11.4 Å². The minimum Gasteiger partial charge on any atom is -0.495 e. The van der Waals surface area contributed by atoms with E-state index in [1.54, 1.807) is 6.07 Å². The zero-order valence-corrected chi connectivity index (χ0v) is 13.3. The highest BCUT2D eigenvalue weighted by molar-refractivity contribution is 9.10. The highest BCUT2D eigenvalue weighted by Crippen LogP contribution is 2.29. The average molecular weight is 375 g/mol. The molecule has 0 unspecified atom stereocenters. The number of anilines is 2. The van der Waals surface area contributed by atoms with E-state index in [1.807, 2.05) is 0 Å². The summed E-state index contributed by atoms with van der Waals surface area (Å²) in [5.41, 5.74) is 6.18. The summed E-state index contributed by atoms with van der Waals surface area (Å²) in [6.45, 7) is 0. The number of sulfonamides is 1. The predicted molar refractivity (Wildman–Crippen MR) is 82.3 cm³/mol. The van der Waals surface area contributed by atoms with Crippen molar-refractivity contribution in [1.29, 1.82) is 0 Å². The molecular formula is C13H12BrFN2O3S. The number of nitrogens with two attached hydrogens (primary N) is 1. The lowest BCUT2D eigenvalue weighted by atomic mass is 10.2. The molecule has 0 aliphatic carbocycles. The van der Waals surface area contributed by atoms with Crippen LogP contribution in [0.15, 0.2) is 45.8 Å². The van der Waals surface area contributed by atoms with Gasteiger partial charge in [-0.15, -0.1) is 0 Å². The Morgan fingerprint density at radius 3 is 2.57 bits per heavy atom. The van der Waals surface area contributed by atoms with Crippen LogP contribution in [0, 0.1) is 5.82 Å². The van der Waals surface area contributed by atoms with Crippen molar-refractivity contribution in [2.24, 2.45) is 0 Å². The molecule has 112 valence electrons. The number of rotatable bonds is 4. The number of benzene rings is 2. The number of halogens is 2. The monoisotopic (exact) mass is 374 g/mol. The number of nitrogens with one attached hydrogen (secondary N) is 1. The molecule has 21 heavy (non-hydrogen) atoms. The molecule has 8 heteroatoms. The molecule has 2 aromatic carbocycles. The Bertz CT molecular complexity index is 781. The fraction of sp³-hybridized carbons (Fsp3) is 0.0769. The summed E-state index contributed by atoms with van der Waals surface area (Å²) >= 11 is 2.97. The summed E-state index contributed by atoms with van der Waals surface area (Å²) in [4.78, 5) is -0.201. The standard InChI is InChI=1S/C13H12BrFN2O3S/c1-20-13-5-2-8(16)6-12(13)17-21(18,19)9-3-4-10(14)11(15)7-9/h2-7,17H,16H2,1H3.